The van der Waals surface area contributed by atoms with E-state index < -0.39 is 0 Å². The summed E-state index contributed by atoms with van der Waals surface area (Å²) in [7, 11) is 0. The maximum absolute atomic E-state index is 13.6. The second-order valence-electron chi connectivity index (χ2n) is 17.3. The van der Waals surface area contributed by atoms with E-state index in [-0.39, 0.29) is 42.3 Å². The van der Waals surface area contributed by atoms with Crippen LogP contribution in [0.25, 0.3) is 0 Å². The Labute approximate surface area is 395 Å². The molecule has 344 valence electrons. The van der Waals surface area contributed by atoms with Gasteiger partial charge in [0.1, 0.15) is 11.5 Å². The first kappa shape index (κ1) is 51.8. The summed E-state index contributed by atoms with van der Waals surface area (Å²) in [5, 5.41) is 28.7. The number of hydrogen-bond donors (Lipinski definition) is 5. The van der Waals surface area contributed by atoms with Crippen molar-refractivity contribution in [1.82, 2.24) is 20.9 Å². The van der Waals surface area contributed by atoms with E-state index in [1.807, 2.05) is 89.8 Å². The monoisotopic (exact) mass is 895 g/mol. The third kappa shape index (κ3) is 18.6. The van der Waals surface area contributed by atoms with E-state index in [4.69, 9.17) is 0 Å². The van der Waals surface area contributed by atoms with Gasteiger partial charge in [-0.15, -0.1) is 0 Å². The molecular weight excluding hydrogens is 825 g/mol. The first-order valence-corrected chi connectivity index (χ1v) is 22.9. The molecule has 0 aliphatic rings. The average Bonchev–Trinajstić information content (AvgIpc) is 3.31. The van der Waals surface area contributed by atoms with Gasteiger partial charge in [-0.25, -0.2) is 0 Å². The minimum Gasteiger partial charge on any atom is -0.508 e. The Balaban J connectivity index is 0.000000282. The highest BCUT2D eigenvalue weighted by Crippen LogP contribution is 2.22. The van der Waals surface area contributed by atoms with E-state index in [0.29, 0.717) is 19.6 Å². The zero-order valence-corrected chi connectivity index (χ0v) is 39.6. The number of amides is 2. The zero-order chi connectivity index (χ0) is 45.4. The zero-order valence-electron chi connectivity index (χ0n) is 38.6. The van der Waals surface area contributed by atoms with Gasteiger partial charge in [-0.1, -0.05) is 121 Å². The lowest BCUT2D eigenvalue weighted by Gasteiger charge is -2.36. The Kier molecular flexibility index (Phi) is 22.4. The number of phenolic OH excluding ortho intramolecular Hbond substituents is 2. The molecule has 0 aromatic heterocycles. The summed E-state index contributed by atoms with van der Waals surface area (Å²) in [6, 6.07) is 51.2. The molecule has 0 fully saturated rings. The maximum atomic E-state index is 13.6. The highest BCUT2D eigenvalue weighted by molar-refractivity contribution is 7.59. The summed E-state index contributed by atoms with van der Waals surface area (Å²) >= 11 is 0. The number of aryl methyl sites for hydroxylation is 2. The van der Waals surface area contributed by atoms with Crippen LogP contribution in [-0.4, -0.2) is 58.6 Å². The SMILES string of the molecule is CC(C)(C)N(CCCCc1ccccc1)C(=O)c1ccccc1CNCCc1ccc(O)cc1.O=C(NCCCCc1ccccc1)c1ccccc1CNCCc1ccc(O)cc1.S. The molecule has 0 saturated heterocycles. The summed E-state index contributed by atoms with van der Waals surface area (Å²) in [5.74, 6) is 0.660. The predicted octanol–water partition coefficient (Wildman–Crippen LogP) is 10.6. The van der Waals surface area contributed by atoms with Gasteiger partial charge in [0.05, 0.1) is 0 Å². The highest BCUT2D eigenvalue weighted by atomic mass is 32.1. The molecule has 6 aromatic rings. The van der Waals surface area contributed by atoms with Gasteiger partial charge in [0.2, 0.25) is 0 Å². The molecule has 0 radical (unpaired) electrons. The van der Waals surface area contributed by atoms with Crippen LogP contribution >= 0.6 is 13.5 Å². The Bertz CT molecular complexity index is 2260. The van der Waals surface area contributed by atoms with E-state index in [9.17, 15) is 19.8 Å². The molecule has 0 heterocycles. The standard InChI is InChI=1S/C30H38N2O2.C26H30N2O2.H2S/c1-30(2,3)32(22-10-9-13-24-11-5-4-6-12-24)29(34)28-15-8-7-14-26(28)23-31-21-20-25-16-18-27(33)19-17-25;29-24-15-13-22(14-16-24)17-19-27-20-23-11-4-5-12-25(23)26(30)28-18-7-6-10-21-8-2-1-3-9-21;/h4-8,11-12,14-19,31,33H,9-10,13,20-23H2,1-3H3;1-5,8-9,11-16,27,29H,6-7,10,17-20H2,(H,28,30);1H2. The van der Waals surface area contributed by atoms with Gasteiger partial charge in [-0.2, -0.15) is 13.5 Å². The van der Waals surface area contributed by atoms with E-state index in [2.05, 4.69) is 85.3 Å². The van der Waals surface area contributed by atoms with Crippen LogP contribution in [0, 0.1) is 0 Å². The van der Waals surface area contributed by atoms with Gasteiger partial charge >= 0.3 is 0 Å². The summed E-state index contributed by atoms with van der Waals surface area (Å²) in [4.78, 5) is 28.3. The fourth-order valence-electron chi connectivity index (χ4n) is 7.54. The van der Waals surface area contributed by atoms with Crippen molar-refractivity contribution < 1.29 is 19.8 Å². The van der Waals surface area contributed by atoms with Crippen LogP contribution in [0.4, 0.5) is 0 Å². The van der Waals surface area contributed by atoms with Crippen molar-refractivity contribution >= 4 is 25.3 Å². The summed E-state index contributed by atoms with van der Waals surface area (Å²) in [5.41, 5.74) is 8.32. The summed E-state index contributed by atoms with van der Waals surface area (Å²) in [6.45, 7) is 10.7. The van der Waals surface area contributed by atoms with Crippen molar-refractivity contribution in [2.75, 3.05) is 26.2 Å². The smallest absolute Gasteiger partial charge is 0.254 e. The molecule has 8 nitrogen and oxygen atoms in total. The van der Waals surface area contributed by atoms with Gasteiger partial charge in [0.25, 0.3) is 11.8 Å². The second-order valence-corrected chi connectivity index (χ2v) is 17.3. The molecule has 0 spiro atoms. The number of nitrogens with one attached hydrogen (secondary N) is 3. The number of benzene rings is 6. The topological polar surface area (TPSA) is 114 Å². The third-order valence-corrected chi connectivity index (χ3v) is 11.2. The lowest BCUT2D eigenvalue weighted by molar-refractivity contribution is 0.0576. The Hall–Kier alpha value is -5.87. The van der Waals surface area contributed by atoms with Crippen molar-refractivity contribution in [3.8, 4) is 11.5 Å². The largest absolute Gasteiger partial charge is 0.508 e. The molecular formula is C56H70N4O4S. The van der Waals surface area contributed by atoms with E-state index in [1.54, 1.807) is 24.3 Å². The number of unbranched alkanes of at least 4 members (excludes halogenated alkanes) is 2. The van der Waals surface area contributed by atoms with E-state index in [1.165, 1.54) is 22.3 Å². The summed E-state index contributed by atoms with van der Waals surface area (Å²) < 4.78 is 0. The van der Waals surface area contributed by atoms with Crippen molar-refractivity contribution in [2.45, 2.75) is 90.8 Å². The van der Waals surface area contributed by atoms with Crippen LogP contribution in [0.2, 0.25) is 0 Å². The molecule has 2 amide bonds. The van der Waals surface area contributed by atoms with Crippen LogP contribution in [-0.2, 0) is 38.8 Å². The number of rotatable bonds is 22. The van der Waals surface area contributed by atoms with Crippen LogP contribution in [0.15, 0.2) is 158 Å². The fraction of sp³-hybridized carbons (Fsp3) is 0.321. The number of hydrogen-bond acceptors (Lipinski definition) is 6. The van der Waals surface area contributed by atoms with Gasteiger partial charge in [-0.05, 0) is 155 Å². The molecule has 0 unspecified atom stereocenters. The number of aromatic hydroxyl groups is 2. The molecule has 6 rings (SSSR count). The molecule has 6 aromatic carbocycles. The molecule has 5 N–H and O–H groups in total. The van der Waals surface area contributed by atoms with Gasteiger partial charge in [0.15, 0.2) is 0 Å². The van der Waals surface area contributed by atoms with E-state index >= 15 is 0 Å². The molecule has 0 aliphatic heterocycles. The quantitative estimate of drug-likeness (QED) is 0.0434. The van der Waals surface area contributed by atoms with Crippen molar-refractivity contribution in [1.29, 1.82) is 0 Å². The molecule has 0 saturated carbocycles. The number of carbonyl (C=O) groups excluding carboxylic acids is 2. The molecule has 0 aliphatic carbocycles. The minimum atomic E-state index is -0.247. The fourth-order valence-corrected chi connectivity index (χ4v) is 7.54. The van der Waals surface area contributed by atoms with Crippen LogP contribution < -0.4 is 16.0 Å². The van der Waals surface area contributed by atoms with Gasteiger partial charge < -0.3 is 31.1 Å². The average molecular weight is 895 g/mol. The highest BCUT2D eigenvalue weighted by Gasteiger charge is 2.28. The molecule has 0 bridgehead atoms. The lowest BCUT2D eigenvalue weighted by Crippen LogP contribution is -2.46. The Morgan fingerprint density at radius 1 is 0.477 bits per heavy atom. The normalized spacial score (nSPS) is 10.9. The van der Waals surface area contributed by atoms with E-state index in [0.717, 1.165) is 93.3 Å². The van der Waals surface area contributed by atoms with Gasteiger partial charge in [0, 0.05) is 42.8 Å². The number of nitrogens with zero attached hydrogens (tertiary/aromatic N) is 1. The lowest BCUT2D eigenvalue weighted by atomic mass is 9.99. The predicted molar refractivity (Wildman–Crippen MR) is 272 cm³/mol. The third-order valence-electron chi connectivity index (χ3n) is 11.2. The maximum Gasteiger partial charge on any atom is 0.254 e. The molecule has 0 atom stereocenters. The van der Waals surface area contributed by atoms with Crippen molar-refractivity contribution in [3.05, 3.63) is 202 Å². The first-order chi connectivity index (χ1) is 31.1. The van der Waals surface area contributed by atoms with Crippen molar-refractivity contribution in [2.24, 2.45) is 0 Å². The second kappa shape index (κ2) is 28.1. The Morgan fingerprint density at radius 3 is 1.38 bits per heavy atom. The van der Waals surface area contributed by atoms with Crippen LogP contribution in [0.1, 0.15) is 101 Å². The number of phenols is 2. The van der Waals surface area contributed by atoms with Crippen LogP contribution in [0.3, 0.4) is 0 Å². The number of carbonyl (C=O) groups is 2. The Morgan fingerprint density at radius 2 is 0.892 bits per heavy atom. The van der Waals surface area contributed by atoms with Crippen molar-refractivity contribution in [3.63, 3.8) is 0 Å². The minimum absolute atomic E-state index is 0. The molecule has 65 heavy (non-hydrogen) atoms. The first-order valence-electron chi connectivity index (χ1n) is 22.9. The summed E-state index contributed by atoms with van der Waals surface area (Å²) in [6.07, 6.45) is 7.88. The van der Waals surface area contributed by atoms with Gasteiger partial charge in [-0.3, -0.25) is 9.59 Å². The van der Waals surface area contributed by atoms with Crippen LogP contribution in [0.5, 0.6) is 11.5 Å². The molecule has 9 heteroatoms.